The van der Waals surface area contributed by atoms with Gasteiger partial charge in [0.25, 0.3) is 5.91 Å². The molecule has 0 fully saturated rings. The fourth-order valence-corrected chi connectivity index (χ4v) is 3.21. The first kappa shape index (κ1) is 23.7. The maximum Gasteiger partial charge on any atom is 0.261 e. The highest BCUT2D eigenvalue weighted by Gasteiger charge is 2.29. The second kappa shape index (κ2) is 11.6. The fourth-order valence-electron chi connectivity index (χ4n) is 3.08. The van der Waals surface area contributed by atoms with Crippen LogP contribution in [0.25, 0.3) is 0 Å². The summed E-state index contributed by atoms with van der Waals surface area (Å²) in [5.41, 5.74) is 1.95. The van der Waals surface area contributed by atoms with Crippen molar-refractivity contribution in [3.8, 4) is 5.75 Å². The summed E-state index contributed by atoms with van der Waals surface area (Å²) in [6.45, 7) is 8.01. The Hall–Kier alpha value is -2.53. The minimum atomic E-state index is -0.580. The molecule has 2 atom stereocenters. The fraction of sp³-hybridized carbons (Fsp3) is 0.417. The van der Waals surface area contributed by atoms with E-state index in [1.54, 1.807) is 17.0 Å². The molecule has 162 valence electrons. The molecule has 0 aliphatic rings. The highest BCUT2D eigenvalue weighted by atomic mass is 35.5. The summed E-state index contributed by atoms with van der Waals surface area (Å²) in [5, 5.41) is 3.62. The van der Waals surface area contributed by atoms with E-state index in [0.29, 0.717) is 23.7 Å². The molecule has 0 saturated carbocycles. The molecule has 0 aliphatic carbocycles. The number of amides is 2. The summed E-state index contributed by atoms with van der Waals surface area (Å²) in [6, 6.07) is 14.3. The molecule has 2 aromatic carbocycles. The Bertz CT molecular complexity index is 839. The van der Waals surface area contributed by atoms with E-state index in [1.807, 2.05) is 64.1 Å². The van der Waals surface area contributed by atoms with E-state index in [0.717, 1.165) is 17.5 Å². The Morgan fingerprint density at radius 1 is 1.10 bits per heavy atom. The number of nitrogens with zero attached hydrogens (tertiary/aromatic N) is 1. The molecule has 0 heterocycles. The van der Waals surface area contributed by atoms with E-state index in [1.165, 1.54) is 0 Å². The first-order chi connectivity index (χ1) is 14.3. The van der Waals surface area contributed by atoms with Crippen LogP contribution in [0.5, 0.6) is 5.75 Å². The SMILES string of the molecule is CC[C@@H](C)NC(=O)[C@H](CC)N(Cc1ccc(Cl)cc1)C(=O)COc1cccc(C)c1. The molecule has 0 bridgehead atoms. The molecule has 2 rings (SSSR count). The predicted octanol–water partition coefficient (Wildman–Crippen LogP) is 4.75. The lowest BCUT2D eigenvalue weighted by molar-refractivity contribution is -0.143. The third kappa shape index (κ3) is 7.06. The van der Waals surface area contributed by atoms with Gasteiger partial charge in [-0.2, -0.15) is 0 Å². The first-order valence-corrected chi connectivity index (χ1v) is 10.8. The largest absolute Gasteiger partial charge is 0.484 e. The van der Waals surface area contributed by atoms with Gasteiger partial charge in [-0.3, -0.25) is 9.59 Å². The van der Waals surface area contributed by atoms with Crippen molar-refractivity contribution in [2.24, 2.45) is 0 Å². The van der Waals surface area contributed by atoms with E-state index >= 15 is 0 Å². The number of nitrogens with one attached hydrogen (secondary N) is 1. The van der Waals surface area contributed by atoms with E-state index < -0.39 is 6.04 Å². The third-order valence-corrected chi connectivity index (χ3v) is 5.26. The molecule has 5 nitrogen and oxygen atoms in total. The number of rotatable bonds is 10. The summed E-state index contributed by atoms with van der Waals surface area (Å²) in [7, 11) is 0. The Kier molecular flexibility index (Phi) is 9.18. The normalized spacial score (nSPS) is 12.7. The van der Waals surface area contributed by atoms with Crippen LogP contribution >= 0.6 is 11.6 Å². The lowest BCUT2D eigenvalue weighted by Gasteiger charge is -2.31. The van der Waals surface area contributed by atoms with Gasteiger partial charge >= 0.3 is 0 Å². The number of halogens is 1. The molecule has 0 radical (unpaired) electrons. The van der Waals surface area contributed by atoms with Crippen LogP contribution in [0.2, 0.25) is 5.02 Å². The van der Waals surface area contributed by atoms with E-state index in [9.17, 15) is 9.59 Å². The van der Waals surface area contributed by atoms with Gasteiger partial charge in [0.1, 0.15) is 11.8 Å². The van der Waals surface area contributed by atoms with Crippen molar-refractivity contribution in [2.45, 2.75) is 59.2 Å². The topological polar surface area (TPSA) is 58.6 Å². The number of ether oxygens (including phenoxy) is 1. The molecule has 0 spiro atoms. The van der Waals surface area contributed by atoms with Crippen molar-refractivity contribution >= 4 is 23.4 Å². The zero-order chi connectivity index (χ0) is 22.1. The maximum absolute atomic E-state index is 13.1. The Morgan fingerprint density at radius 3 is 2.40 bits per heavy atom. The van der Waals surface area contributed by atoms with Crippen molar-refractivity contribution in [1.82, 2.24) is 10.2 Å². The van der Waals surface area contributed by atoms with Crippen molar-refractivity contribution in [2.75, 3.05) is 6.61 Å². The van der Waals surface area contributed by atoms with E-state index in [2.05, 4.69) is 5.32 Å². The van der Waals surface area contributed by atoms with Gasteiger partial charge in [0.05, 0.1) is 0 Å². The van der Waals surface area contributed by atoms with Crippen molar-refractivity contribution in [1.29, 1.82) is 0 Å². The van der Waals surface area contributed by atoms with Gasteiger partial charge in [0, 0.05) is 17.6 Å². The molecular formula is C24H31ClN2O3. The molecule has 0 aliphatic heterocycles. The number of carbonyl (C=O) groups is 2. The van der Waals surface area contributed by atoms with Crippen LogP contribution < -0.4 is 10.1 Å². The van der Waals surface area contributed by atoms with Gasteiger partial charge in [-0.25, -0.2) is 0 Å². The number of benzene rings is 2. The minimum Gasteiger partial charge on any atom is -0.484 e. The highest BCUT2D eigenvalue weighted by Crippen LogP contribution is 2.17. The average molecular weight is 431 g/mol. The van der Waals surface area contributed by atoms with Gasteiger partial charge in [0.15, 0.2) is 6.61 Å². The van der Waals surface area contributed by atoms with Crippen molar-refractivity contribution < 1.29 is 14.3 Å². The Labute approximate surface area is 184 Å². The van der Waals surface area contributed by atoms with Crippen molar-refractivity contribution in [3.05, 3.63) is 64.7 Å². The van der Waals surface area contributed by atoms with Gasteiger partial charge in [-0.15, -0.1) is 0 Å². The zero-order valence-corrected chi connectivity index (χ0v) is 18.9. The Balaban J connectivity index is 2.20. The molecule has 1 N–H and O–H groups in total. The third-order valence-electron chi connectivity index (χ3n) is 5.00. The second-order valence-corrected chi connectivity index (χ2v) is 7.93. The lowest BCUT2D eigenvalue weighted by Crippen LogP contribution is -2.51. The van der Waals surface area contributed by atoms with Gasteiger partial charge in [-0.1, -0.05) is 49.7 Å². The van der Waals surface area contributed by atoms with Crippen molar-refractivity contribution in [3.63, 3.8) is 0 Å². The zero-order valence-electron chi connectivity index (χ0n) is 18.2. The van der Waals surface area contributed by atoms with Gasteiger partial charge in [-0.05, 0) is 62.1 Å². The number of hydrogen-bond acceptors (Lipinski definition) is 3. The summed E-state index contributed by atoms with van der Waals surface area (Å²) in [6.07, 6.45) is 1.33. The molecule has 30 heavy (non-hydrogen) atoms. The smallest absolute Gasteiger partial charge is 0.261 e. The number of aryl methyl sites for hydroxylation is 1. The van der Waals surface area contributed by atoms with Crippen LogP contribution in [-0.2, 0) is 16.1 Å². The molecule has 2 aromatic rings. The molecule has 0 saturated heterocycles. The van der Waals surface area contributed by atoms with Gasteiger partial charge in [0.2, 0.25) is 5.91 Å². The summed E-state index contributed by atoms with van der Waals surface area (Å²) >= 11 is 5.99. The van der Waals surface area contributed by atoms with Gasteiger partial charge < -0.3 is 15.0 Å². The Morgan fingerprint density at radius 2 is 1.80 bits per heavy atom. The van der Waals surface area contributed by atoms with Crippen LogP contribution in [0, 0.1) is 6.92 Å². The van der Waals surface area contributed by atoms with Crippen LogP contribution in [0.15, 0.2) is 48.5 Å². The maximum atomic E-state index is 13.1. The summed E-state index contributed by atoms with van der Waals surface area (Å²) < 4.78 is 5.72. The number of carbonyl (C=O) groups excluding carboxylic acids is 2. The van der Waals surface area contributed by atoms with E-state index in [-0.39, 0.29) is 24.5 Å². The molecule has 2 amide bonds. The van der Waals surface area contributed by atoms with Crippen LogP contribution in [0.4, 0.5) is 0 Å². The number of hydrogen-bond donors (Lipinski definition) is 1. The molecule has 0 unspecified atom stereocenters. The van der Waals surface area contributed by atoms with Crippen LogP contribution in [-0.4, -0.2) is 35.4 Å². The summed E-state index contributed by atoms with van der Waals surface area (Å²) in [5.74, 6) is 0.245. The quantitative estimate of drug-likeness (QED) is 0.591. The lowest BCUT2D eigenvalue weighted by atomic mass is 10.1. The molecular weight excluding hydrogens is 400 g/mol. The standard InChI is InChI=1S/C24H31ClN2O3/c1-5-18(4)26-24(29)22(6-2)27(15-19-10-12-20(25)13-11-19)23(28)16-30-21-9-7-8-17(3)14-21/h7-14,18,22H,5-6,15-16H2,1-4H3,(H,26,29)/t18-,22+/m1/s1. The van der Waals surface area contributed by atoms with Crippen LogP contribution in [0.3, 0.4) is 0 Å². The predicted molar refractivity (Wildman–Crippen MR) is 121 cm³/mol. The second-order valence-electron chi connectivity index (χ2n) is 7.50. The van der Waals surface area contributed by atoms with E-state index in [4.69, 9.17) is 16.3 Å². The molecule has 0 aromatic heterocycles. The average Bonchev–Trinajstić information content (AvgIpc) is 2.73. The monoisotopic (exact) mass is 430 g/mol. The van der Waals surface area contributed by atoms with Crippen LogP contribution in [0.1, 0.15) is 44.7 Å². The summed E-state index contributed by atoms with van der Waals surface area (Å²) in [4.78, 5) is 27.6. The first-order valence-electron chi connectivity index (χ1n) is 10.4. The minimum absolute atomic E-state index is 0.0441. The molecule has 6 heteroatoms. The highest BCUT2D eigenvalue weighted by molar-refractivity contribution is 6.30.